The van der Waals surface area contributed by atoms with Crippen LogP contribution in [0.15, 0.2) is 30.3 Å². The third-order valence-corrected chi connectivity index (χ3v) is 10.0. The average molecular weight is 926 g/mol. The molecule has 0 saturated carbocycles. The number of hydrogen-bond acceptors (Lipinski definition) is 17. The number of amides is 8. The summed E-state index contributed by atoms with van der Waals surface area (Å²) >= 11 is 0. The molecule has 8 amide bonds. The van der Waals surface area contributed by atoms with E-state index >= 15 is 0 Å². The Morgan fingerprint density at radius 2 is 1.42 bits per heavy atom. The second-order valence-electron chi connectivity index (χ2n) is 15.1. The highest BCUT2D eigenvalue weighted by Gasteiger charge is 2.38. The van der Waals surface area contributed by atoms with Gasteiger partial charge in [-0.05, 0) is 44.6 Å². The molecule has 26 heteroatoms. The molecule has 1 aromatic rings. The molecule has 1 heterocycles. The molecule has 0 aromatic heterocycles. The summed E-state index contributed by atoms with van der Waals surface area (Å²) in [5, 5.41) is 56.3. The number of benzene rings is 1. The molecule has 1 aliphatic heterocycles. The van der Waals surface area contributed by atoms with Crippen LogP contribution in [0.3, 0.4) is 0 Å². The summed E-state index contributed by atoms with van der Waals surface area (Å²) in [6, 6.07) is -5.13. The Balaban J connectivity index is 0.0000218. The van der Waals surface area contributed by atoms with E-state index in [1.807, 2.05) is 5.43 Å². The minimum Gasteiger partial charge on any atom is -0.481 e. The summed E-state index contributed by atoms with van der Waals surface area (Å²) < 4.78 is 0. The number of aliphatic hydroxyl groups is 3. The first-order chi connectivity index (χ1) is 30.7. The highest BCUT2D eigenvalue weighted by molar-refractivity contribution is 6.41. The predicted octanol–water partition coefficient (Wildman–Crippen LogP) is -6.89. The molecular weight excluding hydrogens is 862 g/mol. The molecule has 65 heavy (non-hydrogen) atoms. The fourth-order valence-electron chi connectivity index (χ4n) is 6.42. The van der Waals surface area contributed by atoms with Crippen LogP contribution in [-0.4, -0.2) is 159 Å². The zero-order valence-corrected chi connectivity index (χ0v) is 35.6. The van der Waals surface area contributed by atoms with Crippen molar-refractivity contribution in [3.05, 3.63) is 35.9 Å². The number of aliphatic hydroxyl groups excluding tert-OH is 3. The zero-order valence-electron chi connectivity index (χ0n) is 35.6. The largest absolute Gasteiger partial charge is 0.481 e. The van der Waals surface area contributed by atoms with Gasteiger partial charge in [0, 0.05) is 28.7 Å². The van der Waals surface area contributed by atoms with E-state index in [1.54, 1.807) is 30.3 Å². The van der Waals surface area contributed by atoms with Gasteiger partial charge in [0.25, 0.3) is 0 Å². The summed E-state index contributed by atoms with van der Waals surface area (Å²) in [6.07, 6.45) is -4.38. The second-order valence-corrected chi connectivity index (χ2v) is 15.1. The van der Waals surface area contributed by atoms with Gasteiger partial charge in [-0.2, -0.15) is 0 Å². The normalized spacial score (nSPS) is 22.7. The topological polar surface area (TPSA) is 443 Å². The van der Waals surface area contributed by atoms with Crippen molar-refractivity contribution in [1.82, 2.24) is 42.6 Å². The minimum atomic E-state index is -1.99. The highest BCUT2D eigenvalue weighted by Crippen LogP contribution is 2.10. The van der Waals surface area contributed by atoms with Crippen LogP contribution in [0.4, 0.5) is 0 Å². The molecule has 1 aromatic carbocycles. The average Bonchev–Trinajstić information content (AvgIpc) is 3.25. The molecule has 364 valence electrons. The van der Waals surface area contributed by atoms with Crippen molar-refractivity contribution in [3.8, 4) is 0 Å². The Hall–Kier alpha value is -6.45. The van der Waals surface area contributed by atoms with Gasteiger partial charge in [-0.1, -0.05) is 30.3 Å². The number of hydrazine groups is 1. The molecule has 0 spiro atoms. The number of carboxylic acid groups (broad SMARTS) is 1. The van der Waals surface area contributed by atoms with Gasteiger partial charge in [0.1, 0.15) is 36.3 Å². The Kier molecular flexibility index (Phi) is 23.3. The second kappa shape index (κ2) is 27.7. The quantitative estimate of drug-likeness (QED) is 0.0348. The summed E-state index contributed by atoms with van der Waals surface area (Å²) in [6.45, 7) is -1.10. The van der Waals surface area contributed by atoms with Gasteiger partial charge < -0.3 is 63.8 Å². The summed E-state index contributed by atoms with van der Waals surface area (Å²) in [7, 11) is 0. The smallest absolute Gasteiger partial charge is 0.303 e. The van der Waals surface area contributed by atoms with Crippen molar-refractivity contribution in [1.29, 1.82) is 0 Å². The Bertz CT molecular complexity index is 1880. The zero-order chi connectivity index (χ0) is 48.8. The van der Waals surface area contributed by atoms with Crippen LogP contribution in [0, 0.1) is 0 Å². The van der Waals surface area contributed by atoms with Crippen LogP contribution in [-0.2, 0) is 59.2 Å². The van der Waals surface area contributed by atoms with Crippen LogP contribution in [0.2, 0.25) is 0 Å². The lowest BCUT2D eigenvalue weighted by atomic mass is 9.98. The number of aliphatic carboxylic acids is 1. The maximum atomic E-state index is 13.9. The van der Waals surface area contributed by atoms with Gasteiger partial charge >= 0.3 is 5.97 Å². The molecule has 0 aliphatic carbocycles. The van der Waals surface area contributed by atoms with E-state index in [0.717, 1.165) is 0 Å². The number of carbonyl (C=O) groups is 11. The number of ketones is 2. The summed E-state index contributed by atoms with van der Waals surface area (Å²) in [5.74, 6) is -7.35. The summed E-state index contributed by atoms with van der Waals surface area (Å²) in [4.78, 5) is 143. The molecule has 9 atom stereocenters. The highest BCUT2D eigenvalue weighted by atomic mass is 16.4. The van der Waals surface area contributed by atoms with Gasteiger partial charge in [-0.25, -0.2) is 5.43 Å². The number of rotatable bonds is 19. The third-order valence-electron chi connectivity index (χ3n) is 10.0. The Morgan fingerprint density at radius 3 is 1.98 bits per heavy atom. The standard InChI is InChI=1S/C39H59N11O15.2H2/c1-19(53)31(50-42)39(65)47-24(16-28(40)54)32(58)33(59)26(17-51)44-22-10-12-29(55)43-14-6-5-9-21(34(41)60)45-37(63)25(15-20-7-3-2-4-8-20)48-38(64)27(18-52)49-36(62)23(46-35(22)61)11-13-30(56)57;;/h2-4,7-8,19,21-27,31,44,50-53H,5-6,9-18,42H2,1H3,(H2,40,54)(H2,41,60)(H,43,55)(H,45,63)(H,46,61)(H,47,65)(H,48,64)(H,49,62)(H,56,57);2*1H/t19-,21?,22?,23?,24?,25?,26+,27+,31+;;/m1../s1. The molecule has 1 fully saturated rings. The monoisotopic (exact) mass is 925 g/mol. The van der Waals surface area contributed by atoms with Gasteiger partial charge in [0.05, 0.1) is 37.8 Å². The van der Waals surface area contributed by atoms with Gasteiger partial charge in [0.15, 0.2) is 0 Å². The number of nitrogens with one attached hydrogen (secondary N) is 8. The molecule has 1 aliphatic rings. The number of primary amides is 2. The Labute approximate surface area is 375 Å². The molecular formula is C39H63N11O15. The first-order valence-electron chi connectivity index (χ1n) is 20.5. The number of hydrogen-bond donors (Lipinski definition) is 15. The summed E-state index contributed by atoms with van der Waals surface area (Å²) in [5.41, 5.74) is 13.4. The number of carboxylic acids is 1. The number of carbonyl (C=O) groups excluding carboxylic acids is 10. The lowest BCUT2D eigenvalue weighted by Gasteiger charge is -2.28. The predicted molar refractivity (Wildman–Crippen MR) is 228 cm³/mol. The molecule has 0 bridgehead atoms. The number of nitrogens with two attached hydrogens (primary N) is 3. The molecule has 1 saturated heterocycles. The maximum Gasteiger partial charge on any atom is 0.303 e. The van der Waals surface area contributed by atoms with Crippen LogP contribution in [0.1, 0.15) is 66.7 Å². The van der Waals surface area contributed by atoms with Crippen molar-refractivity contribution >= 4 is 64.8 Å². The third kappa shape index (κ3) is 18.7. The lowest BCUT2D eigenvalue weighted by Crippen LogP contribution is -2.61. The van der Waals surface area contributed by atoms with Crippen molar-refractivity contribution < 1.29 is 76.0 Å². The fraction of sp³-hybridized carbons (Fsp3) is 0.564. The van der Waals surface area contributed by atoms with E-state index in [2.05, 4.69) is 37.2 Å². The fourth-order valence-corrected chi connectivity index (χ4v) is 6.42. The maximum absolute atomic E-state index is 13.9. The molecule has 2 rings (SSSR count). The van der Waals surface area contributed by atoms with E-state index < -0.39 is 165 Å². The van der Waals surface area contributed by atoms with Crippen LogP contribution in [0.25, 0.3) is 0 Å². The van der Waals surface area contributed by atoms with E-state index in [-0.39, 0.29) is 35.1 Å². The lowest BCUT2D eigenvalue weighted by molar-refractivity contribution is -0.142. The SMILES string of the molecule is C[C@@H](O)[C@H](NN)C(=O)NC(CC(N)=O)C(=O)C(=O)[C@H](CO)NC1CCC(=O)NCCCCC(C(N)=O)NC(=O)C(Cc2ccccc2)NC(=O)[C@H](CO)NC(=O)C(CCC(=O)O)NC1=O.[HH].[HH]. The van der Waals surface area contributed by atoms with Gasteiger partial charge in [-0.3, -0.25) is 63.9 Å². The molecule has 5 unspecified atom stereocenters. The Morgan fingerprint density at radius 1 is 0.815 bits per heavy atom. The molecule has 0 radical (unpaired) electrons. The van der Waals surface area contributed by atoms with Crippen molar-refractivity contribution in [2.45, 2.75) is 119 Å². The first-order valence-corrected chi connectivity index (χ1v) is 20.5. The molecule has 18 N–H and O–H groups in total. The van der Waals surface area contributed by atoms with Crippen molar-refractivity contribution in [2.75, 3.05) is 19.8 Å². The van der Waals surface area contributed by atoms with Gasteiger partial charge in [0.2, 0.25) is 58.8 Å². The van der Waals surface area contributed by atoms with Crippen LogP contribution >= 0.6 is 0 Å². The van der Waals surface area contributed by atoms with Gasteiger partial charge in [-0.15, -0.1) is 0 Å². The minimum absolute atomic E-state index is 0. The first kappa shape index (κ1) is 54.7. The molecule has 26 nitrogen and oxygen atoms in total. The number of Topliss-reactive ketones (excluding diaryl/α,β-unsaturated/α-hetero) is 2. The van der Waals surface area contributed by atoms with Crippen molar-refractivity contribution in [3.63, 3.8) is 0 Å². The van der Waals surface area contributed by atoms with Crippen LogP contribution < -0.4 is 60.0 Å². The van der Waals surface area contributed by atoms with Crippen molar-refractivity contribution in [2.24, 2.45) is 17.3 Å². The van der Waals surface area contributed by atoms with E-state index in [9.17, 15) is 73.2 Å². The van der Waals surface area contributed by atoms with E-state index in [4.69, 9.17) is 17.3 Å². The van der Waals surface area contributed by atoms with E-state index in [0.29, 0.717) is 5.56 Å². The van der Waals surface area contributed by atoms with E-state index in [1.165, 1.54) is 6.92 Å². The van der Waals surface area contributed by atoms with Crippen LogP contribution in [0.5, 0.6) is 0 Å².